The summed E-state index contributed by atoms with van der Waals surface area (Å²) in [6.07, 6.45) is 0.987. The van der Waals surface area contributed by atoms with Gasteiger partial charge in [0.05, 0.1) is 0 Å². The quantitative estimate of drug-likeness (QED) is 0.860. The van der Waals surface area contributed by atoms with E-state index in [-0.39, 0.29) is 5.91 Å². The zero-order valence-electron chi connectivity index (χ0n) is 12.5. The summed E-state index contributed by atoms with van der Waals surface area (Å²) >= 11 is 0. The highest BCUT2D eigenvalue weighted by Gasteiger charge is 2.05. The minimum atomic E-state index is -0.0399. The Balaban J connectivity index is 1.91. The van der Waals surface area contributed by atoms with Crippen LogP contribution in [-0.4, -0.2) is 12.5 Å². The van der Waals surface area contributed by atoms with E-state index in [1.54, 1.807) is 12.1 Å². The molecule has 0 bridgehead atoms. The molecule has 0 aromatic heterocycles. The summed E-state index contributed by atoms with van der Waals surface area (Å²) in [7, 11) is 0. The highest BCUT2D eigenvalue weighted by molar-refractivity contribution is 5.94. The number of hydrogen-bond donors (Lipinski definition) is 1. The summed E-state index contributed by atoms with van der Waals surface area (Å²) in [6.45, 7) is 4.99. The molecule has 110 valence electrons. The van der Waals surface area contributed by atoms with E-state index >= 15 is 0 Å². The highest BCUT2D eigenvalue weighted by atomic mass is 16.5. The molecule has 0 aliphatic rings. The maximum absolute atomic E-state index is 11.9. The van der Waals surface area contributed by atoms with Gasteiger partial charge in [-0.25, -0.2) is 0 Å². The number of para-hydroxylation sites is 1. The standard InChI is InChI=1S/C18H21NO2/c1-14(2)12-13-19-18(20)15-8-10-17(11-9-15)21-16-6-4-3-5-7-16/h3-11,14H,12-13H2,1-2H3,(H,19,20). The molecule has 3 heteroatoms. The van der Waals surface area contributed by atoms with Crippen molar-refractivity contribution in [1.82, 2.24) is 5.32 Å². The number of carbonyl (C=O) groups excluding carboxylic acids is 1. The van der Waals surface area contributed by atoms with Crippen molar-refractivity contribution in [2.75, 3.05) is 6.54 Å². The van der Waals surface area contributed by atoms with Crippen molar-refractivity contribution in [3.8, 4) is 11.5 Å². The van der Waals surface area contributed by atoms with E-state index < -0.39 is 0 Å². The molecule has 2 rings (SSSR count). The lowest BCUT2D eigenvalue weighted by atomic mass is 10.1. The zero-order valence-corrected chi connectivity index (χ0v) is 12.5. The SMILES string of the molecule is CC(C)CCNC(=O)c1ccc(Oc2ccccc2)cc1. The van der Waals surface area contributed by atoms with Gasteiger partial charge in [-0.05, 0) is 48.7 Å². The second-order valence-corrected chi connectivity index (χ2v) is 5.38. The van der Waals surface area contributed by atoms with E-state index in [1.807, 2.05) is 42.5 Å². The Morgan fingerprint density at radius 3 is 2.24 bits per heavy atom. The third-order valence-corrected chi connectivity index (χ3v) is 3.10. The fourth-order valence-corrected chi connectivity index (χ4v) is 1.88. The topological polar surface area (TPSA) is 38.3 Å². The van der Waals surface area contributed by atoms with Crippen molar-refractivity contribution < 1.29 is 9.53 Å². The lowest BCUT2D eigenvalue weighted by Gasteiger charge is -2.08. The summed E-state index contributed by atoms with van der Waals surface area (Å²) < 4.78 is 5.69. The molecule has 0 saturated carbocycles. The largest absolute Gasteiger partial charge is 0.457 e. The molecule has 0 heterocycles. The molecule has 2 aromatic carbocycles. The van der Waals surface area contributed by atoms with Crippen LogP contribution in [0.15, 0.2) is 54.6 Å². The fraction of sp³-hybridized carbons (Fsp3) is 0.278. The van der Waals surface area contributed by atoms with Crippen molar-refractivity contribution in [1.29, 1.82) is 0 Å². The average molecular weight is 283 g/mol. The molecule has 0 fully saturated rings. The van der Waals surface area contributed by atoms with Gasteiger partial charge in [0.2, 0.25) is 0 Å². The number of ether oxygens (including phenoxy) is 1. The maximum atomic E-state index is 11.9. The van der Waals surface area contributed by atoms with Crippen LogP contribution in [0.5, 0.6) is 11.5 Å². The van der Waals surface area contributed by atoms with Gasteiger partial charge in [0.1, 0.15) is 11.5 Å². The van der Waals surface area contributed by atoms with E-state index in [0.717, 1.165) is 17.9 Å². The second-order valence-electron chi connectivity index (χ2n) is 5.38. The van der Waals surface area contributed by atoms with Gasteiger partial charge in [-0.3, -0.25) is 4.79 Å². The van der Waals surface area contributed by atoms with Gasteiger partial charge in [0, 0.05) is 12.1 Å². The van der Waals surface area contributed by atoms with Gasteiger partial charge < -0.3 is 10.1 Å². The first-order valence-corrected chi connectivity index (χ1v) is 7.26. The van der Waals surface area contributed by atoms with E-state index in [1.165, 1.54) is 0 Å². The number of carbonyl (C=O) groups is 1. The van der Waals surface area contributed by atoms with Crippen LogP contribution < -0.4 is 10.1 Å². The minimum absolute atomic E-state index is 0.0399. The summed E-state index contributed by atoms with van der Waals surface area (Å²) in [4.78, 5) is 11.9. The Morgan fingerprint density at radius 2 is 1.62 bits per heavy atom. The number of nitrogens with one attached hydrogen (secondary N) is 1. The first kappa shape index (κ1) is 15.1. The van der Waals surface area contributed by atoms with Gasteiger partial charge >= 0.3 is 0 Å². The van der Waals surface area contributed by atoms with Gasteiger partial charge in [0.25, 0.3) is 5.91 Å². The fourth-order valence-electron chi connectivity index (χ4n) is 1.88. The number of hydrogen-bond acceptors (Lipinski definition) is 2. The summed E-state index contributed by atoms with van der Waals surface area (Å²) in [5, 5.41) is 2.92. The van der Waals surface area contributed by atoms with Gasteiger partial charge in [-0.1, -0.05) is 32.0 Å². The number of benzene rings is 2. The molecule has 3 nitrogen and oxygen atoms in total. The van der Waals surface area contributed by atoms with Crippen LogP contribution in [0.4, 0.5) is 0 Å². The van der Waals surface area contributed by atoms with Crippen LogP contribution in [0.25, 0.3) is 0 Å². The predicted molar refractivity (Wildman–Crippen MR) is 84.7 cm³/mol. The Bertz CT molecular complexity index is 562. The molecule has 21 heavy (non-hydrogen) atoms. The molecule has 0 atom stereocenters. The molecule has 1 amide bonds. The Labute approximate surface area is 126 Å². The zero-order chi connectivity index (χ0) is 15.1. The highest BCUT2D eigenvalue weighted by Crippen LogP contribution is 2.21. The molecule has 0 unspecified atom stereocenters. The van der Waals surface area contributed by atoms with E-state index in [9.17, 15) is 4.79 Å². The molecule has 0 radical (unpaired) electrons. The molecule has 0 aliphatic heterocycles. The monoisotopic (exact) mass is 283 g/mol. The van der Waals surface area contributed by atoms with Crippen molar-refractivity contribution in [2.45, 2.75) is 20.3 Å². The number of rotatable bonds is 6. The van der Waals surface area contributed by atoms with E-state index in [4.69, 9.17) is 4.74 Å². The Morgan fingerprint density at radius 1 is 1.00 bits per heavy atom. The van der Waals surface area contributed by atoms with Gasteiger partial charge in [0.15, 0.2) is 0 Å². The second kappa shape index (κ2) is 7.48. The van der Waals surface area contributed by atoms with E-state index in [0.29, 0.717) is 18.0 Å². The summed E-state index contributed by atoms with van der Waals surface area (Å²) in [6, 6.07) is 16.8. The lowest BCUT2D eigenvalue weighted by molar-refractivity contribution is 0.0952. The van der Waals surface area contributed by atoms with Crippen LogP contribution >= 0.6 is 0 Å². The molecule has 0 spiro atoms. The van der Waals surface area contributed by atoms with Crippen molar-refractivity contribution in [3.63, 3.8) is 0 Å². The first-order chi connectivity index (χ1) is 10.1. The van der Waals surface area contributed by atoms with Crippen LogP contribution in [0, 0.1) is 5.92 Å². The van der Waals surface area contributed by atoms with Gasteiger partial charge in [-0.2, -0.15) is 0 Å². The smallest absolute Gasteiger partial charge is 0.251 e. The van der Waals surface area contributed by atoms with Crippen molar-refractivity contribution in [2.24, 2.45) is 5.92 Å². The third-order valence-electron chi connectivity index (χ3n) is 3.10. The average Bonchev–Trinajstić information content (AvgIpc) is 2.48. The lowest BCUT2D eigenvalue weighted by Crippen LogP contribution is -2.25. The summed E-state index contributed by atoms with van der Waals surface area (Å²) in [5.74, 6) is 2.06. The summed E-state index contributed by atoms with van der Waals surface area (Å²) in [5.41, 5.74) is 0.652. The van der Waals surface area contributed by atoms with Crippen molar-refractivity contribution in [3.05, 3.63) is 60.2 Å². The van der Waals surface area contributed by atoms with E-state index in [2.05, 4.69) is 19.2 Å². The number of amides is 1. The normalized spacial score (nSPS) is 10.4. The van der Waals surface area contributed by atoms with Crippen LogP contribution in [0.2, 0.25) is 0 Å². The minimum Gasteiger partial charge on any atom is -0.457 e. The molecular weight excluding hydrogens is 262 g/mol. The molecule has 2 aromatic rings. The Hall–Kier alpha value is -2.29. The maximum Gasteiger partial charge on any atom is 0.251 e. The first-order valence-electron chi connectivity index (χ1n) is 7.26. The van der Waals surface area contributed by atoms with Crippen LogP contribution in [0.1, 0.15) is 30.6 Å². The van der Waals surface area contributed by atoms with Crippen LogP contribution in [-0.2, 0) is 0 Å². The Kier molecular flexibility index (Phi) is 5.38. The van der Waals surface area contributed by atoms with Gasteiger partial charge in [-0.15, -0.1) is 0 Å². The predicted octanol–water partition coefficient (Wildman–Crippen LogP) is 4.25. The molecule has 0 saturated heterocycles. The molecular formula is C18H21NO2. The van der Waals surface area contributed by atoms with Crippen molar-refractivity contribution >= 4 is 5.91 Å². The molecule has 1 N–H and O–H groups in total. The van der Waals surface area contributed by atoms with Crippen LogP contribution in [0.3, 0.4) is 0 Å². The molecule has 0 aliphatic carbocycles. The third kappa shape index (κ3) is 4.95.